The number of hydrogen-bond donors (Lipinski definition) is 2. The smallest absolute Gasteiger partial charge is 0.128 e. The lowest BCUT2D eigenvalue weighted by molar-refractivity contribution is 0.280. The Balaban J connectivity index is 1.04. The third-order valence-corrected chi connectivity index (χ3v) is 11.1. The molecule has 0 heterocycles. The minimum absolute atomic E-state index is 0.142. The molecule has 2 N–H and O–H groups in total. The van der Waals surface area contributed by atoms with Crippen LogP contribution in [0, 0.1) is 0 Å². The molecule has 9 aromatic rings. The SMILES string of the molecule is Oc1ccc(-c2cc(OCc3cc(OCc4ccccc4)cc(OCc4ccccc4)c3)c(-c3ccc(O)cc3)cc2OCc2cc(OCc3ccccc3)cc(OCc3ccccc3)c2)cc1. The van der Waals surface area contributed by atoms with Gasteiger partial charge in [0.1, 0.15) is 85.6 Å². The molecule has 0 atom stereocenters. The van der Waals surface area contributed by atoms with E-state index in [4.69, 9.17) is 28.4 Å². The number of hydrogen-bond acceptors (Lipinski definition) is 8. The van der Waals surface area contributed by atoms with E-state index in [2.05, 4.69) is 0 Å². The largest absolute Gasteiger partial charge is 0.508 e. The fourth-order valence-corrected chi connectivity index (χ4v) is 7.58. The molecule has 0 saturated heterocycles. The highest BCUT2D eigenvalue weighted by molar-refractivity contribution is 5.81. The lowest BCUT2D eigenvalue weighted by Crippen LogP contribution is -2.04. The van der Waals surface area contributed by atoms with Crippen molar-refractivity contribution in [1.82, 2.24) is 0 Å². The molecule has 0 aliphatic rings. The quantitative estimate of drug-likeness (QED) is 0.0781. The average molecular weight is 899 g/mol. The van der Waals surface area contributed by atoms with Crippen LogP contribution in [0.4, 0.5) is 0 Å². The van der Waals surface area contributed by atoms with E-state index in [1.165, 1.54) is 0 Å². The van der Waals surface area contributed by atoms with Crippen molar-refractivity contribution in [3.63, 3.8) is 0 Å². The van der Waals surface area contributed by atoms with Gasteiger partial charge in [-0.3, -0.25) is 0 Å². The number of phenols is 2. The van der Waals surface area contributed by atoms with Crippen LogP contribution in [0.3, 0.4) is 0 Å². The van der Waals surface area contributed by atoms with E-state index in [0.29, 0.717) is 60.9 Å². The molecule has 8 nitrogen and oxygen atoms in total. The second kappa shape index (κ2) is 22.0. The first kappa shape index (κ1) is 44.6. The van der Waals surface area contributed by atoms with Gasteiger partial charge in [-0.2, -0.15) is 0 Å². The third-order valence-electron chi connectivity index (χ3n) is 11.1. The summed E-state index contributed by atoms with van der Waals surface area (Å²) >= 11 is 0. The summed E-state index contributed by atoms with van der Waals surface area (Å²) in [4.78, 5) is 0. The number of ether oxygens (including phenoxy) is 6. The van der Waals surface area contributed by atoms with Gasteiger partial charge in [-0.25, -0.2) is 0 Å². The normalized spacial score (nSPS) is 10.8. The molecular formula is C60H50O8. The zero-order valence-electron chi connectivity index (χ0n) is 37.4. The van der Waals surface area contributed by atoms with Crippen molar-refractivity contribution in [2.24, 2.45) is 0 Å². The van der Waals surface area contributed by atoms with E-state index in [0.717, 1.165) is 55.6 Å². The summed E-state index contributed by atoms with van der Waals surface area (Å²) in [6.07, 6.45) is 0. The summed E-state index contributed by atoms with van der Waals surface area (Å²) in [6, 6.07) is 69.6. The van der Waals surface area contributed by atoms with Crippen LogP contribution in [0.15, 0.2) is 218 Å². The summed E-state index contributed by atoms with van der Waals surface area (Å²) in [6.45, 7) is 1.90. The van der Waals surface area contributed by atoms with E-state index >= 15 is 0 Å². The van der Waals surface area contributed by atoms with Crippen LogP contribution in [0.25, 0.3) is 22.3 Å². The highest BCUT2D eigenvalue weighted by Gasteiger charge is 2.18. The Labute approximate surface area is 396 Å². The zero-order valence-corrected chi connectivity index (χ0v) is 37.4. The standard InChI is InChI=1S/C60H50O8/c61-51-25-21-49(22-26-51)57-36-60(68-42-48-31-55(65-39-45-17-9-3-10-18-45)34-56(32-48)66-40-46-19-11-4-12-20-46)58(50-23-27-52(62)28-24-50)35-59(57)67-41-47-29-53(63-37-43-13-5-1-6-14-43)33-54(30-47)64-38-44-15-7-2-8-16-44/h1-36,61-62H,37-42H2. The summed E-state index contributed by atoms with van der Waals surface area (Å²) in [5.74, 6) is 4.01. The van der Waals surface area contributed by atoms with Gasteiger partial charge in [-0.15, -0.1) is 0 Å². The van der Waals surface area contributed by atoms with Crippen molar-refractivity contribution >= 4 is 0 Å². The Morgan fingerprint density at radius 1 is 0.250 bits per heavy atom. The van der Waals surface area contributed by atoms with Gasteiger partial charge < -0.3 is 38.6 Å². The Morgan fingerprint density at radius 3 is 0.794 bits per heavy atom. The predicted molar refractivity (Wildman–Crippen MR) is 265 cm³/mol. The molecule has 0 fully saturated rings. The van der Waals surface area contributed by atoms with Gasteiger partial charge in [-0.1, -0.05) is 146 Å². The summed E-state index contributed by atoms with van der Waals surface area (Å²) in [5, 5.41) is 20.6. The molecule has 0 spiro atoms. The molecule has 0 aliphatic carbocycles. The minimum atomic E-state index is 0.142. The van der Waals surface area contributed by atoms with Gasteiger partial charge in [0.2, 0.25) is 0 Å². The zero-order chi connectivity index (χ0) is 46.3. The van der Waals surface area contributed by atoms with Gasteiger partial charge in [0.25, 0.3) is 0 Å². The van der Waals surface area contributed by atoms with Crippen LogP contribution in [-0.4, -0.2) is 10.2 Å². The van der Waals surface area contributed by atoms with E-state index in [9.17, 15) is 10.2 Å². The summed E-state index contributed by atoms with van der Waals surface area (Å²) < 4.78 is 38.9. The fraction of sp³-hybridized carbons (Fsp3) is 0.100. The van der Waals surface area contributed by atoms with Crippen LogP contribution < -0.4 is 28.4 Å². The maximum absolute atomic E-state index is 10.3. The van der Waals surface area contributed by atoms with Crippen molar-refractivity contribution in [2.75, 3.05) is 0 Å². The van der Waals surface area contributed by atoms with Gasteiger partial charge in [-0.05, 0) is 105 Å². The van der Waals surface area contributed by atoms with E-state index < -0.39 is 0 Å². The van der Waals surface area contributed by atoms with Crippen LogP contribution >= 0.6 is 0 Å². The molecule has 0 aliphatic heterocycles. The summed E-state index contributed by atoms with van der Waals surface area (Å²) in [5.41, 5.74) is 8.95. The molecule has 9 rings (SSSR count). The lowest BCUT2D eigenvalue weighted by Gasteiger charge is -2.20. The Morgan fingerprint density at radius 2 is 0.515 bits per heavy atom. The second-order valence-electron chi connectivity index (χ2n) is 16.2. The predicted octanol–water partition coefficient (Wildman–Crippen LogP) is 13.9. The van der Waals surface area contributed by atoms with Crippen LogP contribution in [-0.2, 0) is 39.6 Å². The molecule has 0 amide bonds. The van der Waals surface area contributed by atoms with E-state index in [-0.39, 0.29) is 24.7 Å². The first-order valence-corrected chi connectivity index (χ1v) is 22.4. The Hall–Kier alpha value is -8.62. The summed E-state index contributed by atoms with van der Waals surface area (Å²) in [7, 11) is 0. The fourth-order valence-electron chi connectivity index (χ4n) is 7.58. The molecule has 0 aromatic heterocycles. The molecule has 9 aromatic carbocycles. The lowest BCUT2D eigenvalue weighted by atomic mass is 9.97. The highest BCUT2D eigenvalue weighted by Crippen LogP contribution is 2.43. The van der Waals surface area contributed by atoms with E-state index in [1.54, 1.807) is 24.3 Å². The van der Waals surface area contributed by atoms with Crippen LogP contribution in [0.2, 0.25) is 0 Å². The van der Waals surface area contributed by atoms with Crippen molar-refractivity contribution in [2.45, 2.75) is 39.6 Å². The third kappa shape index (κ3) is 12.4. The first-order valence-electron chi connectivity index (χ1n) is 22.4. The van der Waals surface area contributed by atoms with Crippen molar-refractivity contribution in [1.29, 1.82) is 0 Å². The molecule has 8 heteroatoms. The number of benzene rings is 9. The van der Waals surface area contributed by atoms with Gasteiger partial charge in [0.05, 0.1) is 0 Å². The Bertz CT molecular complexity index is 2670. The monoisotopic (exact) mass is 898 g/mol. The number of rotatable bonds is 20. The van der Waals surface area contributed by atoms with Crippen molar-refractivity contribution in [3.8, 4) is 68.2 Å². The molecule has 0 radical (unpaired) electrons. The van der Waals surface area contributed by atoms with Crippen LogP contribution in [0.5, 0.6) is 46.0 Å². The Kier molecular flexibility index (Phi) is 14.5. The van der Waals surface area contributed by atoms with Gasteiger partial charge in [0.15, 0.2) is 0 Å². The molecule has 0 bridgehead atoms. The van der Waals surface area contributed by atoms with E-state index in [1.807, 2.05) is 194 Å². The van der Waals surface area contributed by atoms with Crippen LogP contribution in [0.1, 0.15) is 33.4 Å². The molecule has 338 valence electrons. The molecular weight excluding hydrogens is 849 g/mol. The first-order chi connectivity index (χ1) is 33.5. The maximum Gasteiger partial charge on any atom is 0.128 e. The average Bonchev–Trinajstić information content (AvgIpc) is 3.39. The molecule has 0 saturated carbocycles. The van der Waals surface area contributed by atoms with Gasteiger partial charge in [0, 0.05) is 23.3 Å². The number of aromatic hydroxyl groups is 2. The highest BCUT2D eigenvalue weighted by atomic mass is 16.5. The second-order valence-corrected chi connectivity index (χ2v) is 16.2. The minimum Gasteiger partial charge on any atom is -0.508 e. The van der Waals surface area contributed by atoms with Gasteiger partial charge >= 0.3 is 0 Å². The topological polar surface area (TPSA) is 95.8 Å². The van der Waals surface area contributed by atoms with Crippen molar-refractivity contribution < 1.29 is 38.6 Å². The maximum atomic E-state index is 10.3. The van der Waals surface area contributed by atoms with Crippen molar-refractivity contribution in [3.05, 3.63) is 252 Å². The molecule has 0 unspecified atom stereocenters. The molecule has 68 heavy (non-hydrogen) atoms. The number of phenolic OH excluding ortho intramolecular Hbond substituents is 2.